The fourth-order valence-electron chi connectivity index (χ4n) is 4.11. The van der Waals surface area contributed by atoms with Crippen molar-refractivity contribution in [2.45, 2.75) is 5.66 Å². The molecular formula is C29H25O3P. The molecule has 0 saturated heterocycles. The number of methoxy groups -OCH3 is 1. The molecule has 0 N–H and O–H groups in total. The van der Waals surface area contributed by atoms with Crippen LogP contribution in [0.3, 0.4) is 0 Å². The summed E-state index contributed by atoms with van der Waals surface area (Å²) in [5.74, 6) is -0.397. The third kappa shape index (κ3) is 4.46. The predicted molar refractivity (Wildman–Crippen MR) is 136 cm³/mol. The molecule has 0 bridgehead atoms. The second-order valence-corrected chi connectivity index (χ2v) is 10.6. The van der Waals surface area contributed by atoms with Crippen LogP contribution in [0.25, 0.3) is 5.57 Å². The van der Waals surface area contributed by atoms with Crippen LogP contribution < -0.4 is 10.6 Å². The van der Waals surface area contributed by atoms with Gasteiger partial charge in [-0.1, -0.05) is 110 Å². The Morgan fingerprint density at radius 2 is 1.12 bits per heavy atom. The lowest BCUT2D eigenvalue weighted by molar-refractivity contribution is 0.0600. The summed E-state index contributed by atoms with van der Waals surface area (Å²) in [6, 6.07) is 36.2. The van der Waals surface area contributed by atoms with E-state index in [1.807, 2.05) is 103 Å². The summed E-state index contributed by atoms with van der Waals surface area (Å²) in [5, 5.41) is 1.55. The summed E-state index contributed by atoms with van der Waals surface area (Å²) in [6.07, 6.45) is 0. The molecule has 1 atom stereocenters. The maximum absolute atomic E-state index is 15.2. The summed E-state index contributed by atoms with van der Waals surface area (Å²) in [5.41, 5.74) is 2.46. The molecule has 0 aliphatic heterocycles. The summed E-state index contributed by atoms with van der Waals surface area (Å²) in [6.45, 7) is 4.43. The highest BCUT2D eigenvalue weighted by Gasteiger charge is 2.39. The van der Waals surface area contributed by atoms with E-state index in [0.717, 1.165) is 27.3 Å². The SMILES string of the molecule is C=C(c1ccc(C(=O)OC)cc1)C(c1ccccc1)P(=O)(c1ccccc1)c1ccccc1. The Morgan fingerprint density at radius 1 is 0.697 bits per heavy atom. The molecule has 0 fully saturated rings. The molecule has 0 saturated carbocycles. The Kier molecular flexibility index (Phi) is 6.72. The van der Waals surface area contributed by atoms with Crippen molar-refractivity contribution in [3.05, 3.63) is 139 Å². The van der Waals surface area contributed by atoms with Crippen LogP contribution in [0.2, 0.25) is 0 Å². The fourth-order valence-corrected chi connectivity index (χ4v) is 7.41. The number of benzene rings is 4. The van der Waals surface area contributed by atoms with E-state index in [1.54, 1.807) is 12.1 Å². The number of carbonyl (C=O) groups excluding carboxylic acids is 1. The third-order valence-electron chi connectivity index (χ3n) is 5.77. The first kappa shape index (κ1) is 22.5. The Bertz CT molecular complexity index is 1240. The topological polar surface area (TPSA) is 43.4 Å². The van der Waals surface area contributed by atoms with Crippen LogP contribution in [0, 0.1) is 0 Å². The molecule has 164 valence electrons. The lowest BCUT2D eigenvalue weighted by Crippen LogP contribution is -2.22. The van der Waals surface area contributed by atoms with E-state index in [9.17, 15) is 4.79 Å². The van der Waals surface area contributed by atoms with Gasteiger partial charge in [0.15, 0.2) is 7.14 Å². The maximum atomic E-state index is 15.2. The Balaban J connectivity index is 1.92. The number of rotatable bonds is 7. The Labute approximate surface area is 194 Å². The van der Waals surface area contributed by atoms with Crippen molar-refractivity contribution in [3.8, 4) is 0 Å². The lowest BCUT2D eigenvalue weighted by atomic mass is 9.98. The van der Waals surface area contributed by atoms with E-state index >= 15 is 4.57 Å². The van der Waals surface area contributed by atoms with E-state index in [1.165, 1.54) is 7.11 Å². The largest absolute Gasteiger partial charge is 0.465 e. The second kappa shape index (κ2) is 9.85. The van der Waals surface area contributed by atoms with Crippen LogP contribution in [0.5, 0.6) is 0 Å². The maximum Gasteiger partial charge on any atom is 0.337 e. The molecule has 0 spiro atoms. The van der Waals surface area contributed by atoms with Gasteiger partial charge in [-0.25, -0.2) is 4.79 Å². The van der Waals surface area contributed by atoms with Gasteiger partial charge in [0.25, 0.3) is 0 Å². The average molecular weight is 452 g/mol. The number of carbonyl (C=O) groups is 1. The summed E-state index contributed by atoms with van der Waals surface area (Å²) >= 11 is 0. The predicted octanol–water partition coefficient (Wildman–Crippen LogP) is 6.24. The first-order chi connectivity index (χ1) is 16.1. The van der Waals surface area contributed by atoms with Crippen LogP contribution in [-0.4, -0.2) is 13.1 Å². The number of hydrogen-bond donors (Lipinski definition) is 0. The molecule has 4 rings (SSSR count). The monoisotopic (exact) mass is 452 g/mol. The molecule has 33 heavy (non-hydrogen) atoms. The van der Waals surface area contributed by atoms with Crippen molar-refractivity contribution in [3.63, 3.8) is 0 Å². The minimum atomic E-state index is -3.21. The highest BCUT2D eigenvalue weighted by molar-refractivity contribution is 7.79. The summed E-state index contributed by atoms with van der Waals surface area (Å²) in [4.78, 5) is 11.9. The van der Waals surface area contributed by atoms with E-state index in [4.69, 9.17) is 4.74 Å². The summed E-state index contributed by atoms with van der Waals surface area (Å²) in [7, 11) is -1.85. The highest BCUT2D eigenvalue weighted by Crippen LogP contribution is 2.61. The normalized spacial score (nSPS) is 12.0. The van der Waals surface area contributed by atoms with Crippen LogP contribution in [0.4, 0.5) is 0 Å². The molecule has 0 aliphatic carbocycles. The quantitative estimate of drug-likeness (QED) is 0.246. The van der Waals surface area contributed by atoms with Gasteiger partial charge in [0.1, 0.15) is 0 Å². The molecule has 1 unspecified atom stereocenters. The van der Waals surface area contributed by atoms with Crippen molar-refractivity contribution >= 4 is 29.3 Å². The van der Waals surface area contributed by atoms with Gasteiger partial charge in [-0.15, -0.1) is 0 Å². The van der Waals surface area contributed by atoms with Gasteiger partial charge in [0, 0.05) is 10.6 Å². The molecule has 4 heteroatoms. The third-order valence-corrected chi connectivity index (χ3v) is 9.23. The van der Waals surface area contributed by atoms with Gasteiger partial charge in [-0.3, -0.25) is 0 Å². The minimum absolute atomic E-state index is 0.397. The zero-order valence-corrected chi connectivity index (χ0v) is 19.3. The number of ether oxygens (including phenoxy) is 1. The van der Waals surface area contributed by atoms with Gasteiger partial charge in [-0.05, 0) is 28.8 Å². The van der Waals surface area contributed by atoms with E-state index in [-0.39, 0.29) is 0 Å². The number of esters is 1. The van der Waals surface area contributed by atoms with Crippen molar-refractivity contribution in [1.29, 1.82) is 0 Å². The molecule has 0 aromatic heterocycles. The molecule has 0 amide bonds. The molecule has 4 aromatic carbocycles. The minimum Gasteiger partial charge on any atom is -0.465 e. The van der Waals surface area contributed by atoms with E-state index < -0.39 is 18.8 Å². The molecule has 0 heterocycles. The second-order valence-electron chi connectivity index (χ2n) is 7.74. The number of allylic oxidation sites excluding steroid dienone is 1. The van der Waals surface area contributed by atoms with Gasteiger partial charge in [0.2, 0.25) is 0 Å². The van der Waals surface area contributed by atoms with E-state index in [0.29, 0.717) is 5.56 Å². The first-order valence-electron chi connectivity index (χ1n) is 10.7. The van der Waals surface area contributed by atoms with Crippen LogP contribution in [-0.2, 0) is 9.30 Å². The van der Waals surface area contributed by atoms with Gasteiger partial charge in [-0.2, -0.15) is 0 Å². The molecule has 0 radical (unpaired) electrons. The Hall–Kier alpha value is -3.68. The standard InChI is InChI=1S/C29H25O3P/c1-22(23-18-20-25(21-19-23)29(30)32-2)28(24-12-6-3-7-13-24)33(31,26-14-8-4-9-15-26)27-16-10-5-11-17-27/h3-21,28H,1H2,2H3. The molecule has 3 nitrogen and oxygen atoms in total. The average Bonchev–Trinajstić information content (AvgIpc) is 2.90. The van der Waals surface area contributed by atoms with Crippen LogP contribution in [0.1, 0.15) is 27.1 Å². The van der Waals surface area contributed by atoms with Crippen LogP contribution in [0.15, 0.2) is 122 Å². The fraction of sp³-hybridized carbons (Fsp3) is 0.0690. The molecule has 4 aromatic rings. The van der Waals surface area contributed by atoms with E-state index in [2.05, 4.69) is 6.58 Å². The van der Waals surface area contributed by atoms with Gasteiger partial charge in [0.05, 0.1) is 18.3 Å². The van der Waals surface area contributed by atoms with Crippen molar-refractivity contribution in [2.24, 2.45) is 0 Å². The Morgan fingerprint density at radius 3 is 1.58 bits per heavy atom. The number of hydrogen-bond acceptors (Lipinski definition) is 3. The lowest BCUT2D eigenvalue weighted by Gasteiger charge is -2.31. The first-order valence-corrected chi connectivity index (χ1v) is 12.5. The smallest absolute Gasteiger partial charge is 0.337 e. The highest BCUT2D eigenvalue weighted by atomic mass is 31.2. The molecule has 0 aliphatic rings. The zero-order chi connectivity index (χ0) is 23.3. The van der Waals surface area contributed by atoms with Gasteiger partial charge >= 0.3 is 5.97 Å². The van der Waals surface area contributed by atoms with Crippen LogP contribution >= 0.6 is 7.14 Å². The summed E-state index contributed by atoms with van der Waals surface area (Å²) < 4.78 is 20.0. The van der Waals surface area contributed by atoms with Crippen molar-refractivity contribution in [2.75, 3.05) is 7.11 Å². The zero-order valence-electron chi connectivity index (χ0n) is 18.4. The van der Waals surface area contributed by atoms with Gasteiger partial charge < -0.3 is 9.30 Å². The van der Waals surface area contributed by atoms with Crippen molar-refractivity contribution in [1.82, 2.24) is 0 Å². The molecular weight excluding hydrogens is 427 g/mol. The van der Waals surface area contributed by atoms with Crippen molar-refractivity contribution < 1.29 is 14.1 Å².